The molecule has 6 nitrogen and oxygen atoms in total. The van der Waals surface area contributed by atoms with E-state index in [0.29, 0.717) is 40.5 Å². The van der Waals surface area contributed by atoms with Crippen LogP contribution in [0.5, 0.6) is 5.75 Å². The van der Waals surface area contributed by atoms with Gasteiger partial charge in [0, 0.05) is 16.6 Å². The third-order valence-electron chi connectivity index (χ3n) is 5.31. The van der Waals surface area contributed by atoms with Crippen LogP contribution in [0.2, 0.25) is 10.0 Å². The lowest BCUT2D eigenvalue weighted by molar-refractivity contribution is -0.117. The number of aromatic nitrogens is 3. The first kappa shape index (κ1) is 20.6. The highest BCUT2D eigenvalue weighted by Crippen LogP contribution is 2.55. The van der Waals surface area contributed by atoms with Crippen LogP contribution in [0.25, 0.3) is 0 Å². The normalized spacial score (nSPS) is 19.9. The van der Waals surface area contributed by atoms with Gasteiger partial charge in [0.2, 0.25) is 5.91 Å². The minimum absolute atomic E-state index is 0.120. The summed E-state index contributed by atoms with van der Waals surface area (Å²) in [6, 6.07) is 10.9. The predicted octanol–water partition coefficient (Wildman–Crippen LogP) is 4.77. The topological polar surface area (TPSA) is 77.0 Å². The maximum absolute atomic E-state index is 13.0. The van der Waals surface area contributed by atoms with Crippen molar-refractivity contribution in [3.8, 4) is 5.75 Å². The zero-order valence-electron chi connectivity index (χ0n) is 16.5. The summed E-state index contributed by atoms with van der Waals surface area (Å²) in [6.45, 7) is 4.02. The van der Waals surface area contributed by atoms with Crippen LogP contribution in [0.15, 0.2) is 48.8 Å². The summed E-state index contributed by atoms with van der Waals surface area (Å²) in [5.41, 5.74) is 1.24. The van der Waals surface area contributed by atoms with Crippen LogP contribution >= 0.6 is 23.2 Å². The Morgan fingerprint density at radius 3 is 2.70 bits per heavy atom. The zero-order chi connectivity index (χ0) is 21.3. The molecule has 0 saturated heterocycles. The SMILES string of the molecule is Cc1ncc(OCC2(c3cccc(Cl)c3)CC2C(=O)Nc2ccc(Cl)cn2)c(C)n1. The number of halogens is 2. The van der Waals surface area contributed by atoms with E-state index in [-0.39, 0.29) is 11.8 Å². The third-order valence-corrected chi connectivity index (χ3v) is 5.77. The fourth-order valence-electron chi connectivity index (χ4n) is 3.59. The van der Waals surface area contributed by atoms with E-state index < -0.39 is 5.41 Å². The Labute approximate surface area is 184 Å². The predicted molar refractivity (Wildman–Crippen MR) is 116 cm³/mol. The van der Waals surface area contributed by atoms with Gasteiger partial charge in [-0.15, -0.1) is 0 Å². The van der Waals surface area contributed by atoms with Crippen molar-refractivity contribution >= 4 is 34.9 Å². The molecule has 0 radical (unpaired) electrons. The first-order valence-corrected chi connectivity index (χ1v) is 10.2. The summed E-state index contributed by atoms with van der Waals surface area (Å²) < 4.78 is 6.08. The fourth-order valence-corrected chi connectivity index (χ4v) is 3.89. The number of hydrogen-bond acceptors (Lipinski definition) is 5. The Morgan fingerprint density at radius 2 is 2.00 bits per heavy atom. The third kappa shape index (κ3) is 4.25. The van der Waals surface area contributed by atoms with Crippen molar-refractivity contribution in [2.24, 2.45) is 5.92 Å². The second-order valence-corrected chi connectivity index (χ2v) is 8.30. The number of amides is 1. The van der Waals surface area contributed by atoms with Gasteiger partial charge in [-0.3, -0.25) is 4.79 Å². The van der Waals surface area contributed by atoms with Gasteiger partial charge in [-0.2, -0.15) is 0 Å². The van der Waals surface area contributed by atoms with Gasteiger partial charge in [0.15, 0.2) is 5.75 Å². The number of rotatable bonds is 6. The van der Waals surface area contributed by atoms with E-state index in [9.17, 15) is 4.79 Å². The summed E-state index contributed by atoms with van der Waals surface area (Å²) in [5, 5.41) is 3.99. The maximum Gasteiger partial charge on any atom is 0.229 e. The number of ether oxygens (including phenoxy) is 1. The number of carbonyl (C=O) groups excluding carboxylic acids is 1. The molecule has 4 rings (SSSR count). The molecule has 1 aromatic carbocycles. The van der Waals surface area contributed by atoms with E-state index in [1.165, 1.54) is 6.20 Å². The van der Waals surface area contributed by atoms with Crippen molar-refractivity contribution in [1.82, 2.24) is 15.0 Å². The molecule has 1 fully saturated rings. The number of benzene rings is 1. The van der Waals surface area contributed by atoms with Gasteiger partial charge in [-0.1, -0.05) is 35.3 Å². The Balaban J connectivity index is 1.56. The fraction of sp³-hybridized carbons (Fsp3) is 0.273. The standard InChI is InChI=1S/C22H20Cl2N4O2/c1-13-19(11-25-14(2)27-13)30-12-22(15-4-3-5-16(23)8-15)9-18(22)21(29)28-20-7-6-17(24)10-26-20/h3-8,10-11,18H,9,12H2,1-2H3,(H,26,28,29). The van der Waals surface area contributed by atoms with Crippen molar-refractivity contribution in [2.45, 2.75) is 25.7 Å². The second-order valence-electron chi connectivity index (χ2n) is 7.43. The molecule has 30 heavy (non-hydrogen) atoms. The highest BCUT2D eigenvalue weighted by atomic mass is 35.5. The smallest absolute Gasteiger partial charge is 0.229 e. The first-order valence-electron chi connectivity index (χ1n) is 9.49. The number of hydrogen-bond donors (Lipinski definition) is 1. The minimum atomic E-state index is -0.487. The number of carbonyl (C=O) groups is 1. The summed E-state index contributed by atoms with van der Waals surface area (Å²) in [4.78, 5) is 25.7. The quantitative estimate of drug-likeness (QED) is 0.594. The van der Waals surface area contributed by atoms with Crippen molar-refractivity contribution in [3.05, 3.63) is 75.9 Å². The molecular formula is C22H20Cl2N4O2. The lowest BCUT2D eigenvalue weighted by Gasteiger charge is -2.20. The average molecular weight is 443 g/mol. The molecular weight excluding hydrogens is 423 g/mol. The Morgan fingerprint density at radius 1 is 1.17 bits per heavy atom. The van der Waals surface area contributed by atoms with Gasteiger partial charge in [-0.05, 0) is 50.1 Å². The molecule has 0 spiro atoms. The number of aryl methyl sites for hydroxylation is 2. The van der Waals surface area contributed by atoms with E-state index in [0.717, 1.165) is 11.3 Å². The molecule has 0 aliphatic heterocycles. The van der Waals surface area contributed by atoms with E-state index in [4.69, 9.17) is 27.9 Å². The summed E-state index contributed by atoms with van der Waals surface area (Å²) in [6.07, 6.45) is 3.80. The number of pyridine rings is 1. The maximum atomic E-state index is 13.0. The molecule has 1 aliphatic rings. The summed E-state index contributed by atoms with van der Waals surface area (Å²) in [7, 11) is 0. The molecule has 2 unspecified atom stereocenters. The zero-order valence-corrected chi connectivity index (χ0v) is 18.0. The van der Waals surface area contributed by atoms with Crippen LogP contribution in [0, 0.1) is 19.8 Å². The van der Waals surface area contributed by atoms with Crippen LogP contribution in [-0.2, 0) is 10.2 Å². The van der Waals surface area contributed by atoms with Gasteiger partial charge < -0.3 is 10.1 Å². The lowest BCUT2D eigenvalue weighted by Crippen LogP contribution is -2.27. The van der Waals surface area contributed by atoms with E-state index in [2.05, 4.69) is 20.3 Å². The molecule has 1 N–H and O–H groups in total. The number of anilines is 1. The number of nitrogens with zero attached hydrogens (tertiary/aromatic N) is 3. The molecule has 1 saturated carbocycles. The van der Waals surface area contributed by atoms with Crippen molar-refractivity contribution in [2.75, 3.05) is 11.9 Å². The van der Waals surface area contributed by atoms with E-state index in [1.807, 2.05) is 38.1 Å². The lowest BCUT2D eigenvalue weighted by atomic mass is 9.93. The number of nitrogens with one attached hydrogen (secondary N) is 1. The Hall–Kier alpha value is -2.70. The van der Waals surface area contributed by atoms with Crippen LogP contribution < -0.4 is 10.1 Å². The monoisotopic (exact) mass is 442 g/mol. The largest absolute Gasteiger partial charge is 0.489 e. The molecule has 1 aliphatic carbocycles. The Kier molecular flexibility index (Phi) is 5.62. The van der Waals surface area contributed by atoms with Gasteiger partial charge >= 0.3 is 0 Å². The molecule has 8 heteroatoms. The van der Waals surface area contributed by atoms with Gasteiger partial charge in [0.25, 0.3) is 0 Å². The summed E-state index contributed by atoms with van der Waals surface area (Å²) in [5.74, 6) is 1.35. The van der Waals surface area contributed by atoms with Crippen molar-refractivity contribution < 1.29 is 9.53 Å². The van der Waals surface area contributed by atoms with E-state index in [1.54, 1.807) is 18.3 Å². The molecule has 154 valence electrons. The minimum Gasteiger partial charge on any atom is -0.489 e. The average Bonchev–Trinajstić information content (AvgIpc) is 3.45. The molecule has 2 heterocycles. The van der Waals surface area contributed by atoms with Gasteiger partial charge in [-0.25, -0.2) is 15.0 Å². The first-order chi connectivity index (χ1) is 14.4. The van der Waals surface area contributed by atoms with Crippen LogP contribution in [0.4, 0.5) is 5.82 Å². The molecule has 2 atom stereocenters. The van der Waals surface area contributed by atoms with Gasteiger partial charge in [0.05, 0.1) is 29.4 Å². The molecule has 0 bridgehead atoms. The molecule has 2 aromatic heterocycles. The van der Waals surface area contributed by atoms with Crippen LogP contribution in [0.3, 0.4) is 0 Å². The highest BCUT2D eigenvalue weighted by Gasteiger charge is 2.60. The van der Waals surface area contributed by atoms with Crippen molar-refractivity contribution in [3.63, 3.8) is 0 Å². The molecule has 3 aromatic rings. The van der Waals surface area contributed by atoms with E-state index >= 15 is 0 Å². The highest BCUT2D eigenvalue weighted by molar-refractivity contribution is 6.30. The summed E-state index contributed by atoms with van der Waals surface area (Å²) >= 11 is 12.1. The van der Waals surface area contributed by atoms with Gasteiger partial charge in [0.1, 0.15) is 11.6 Å². The second kappa shape index (κ2) is 8.20. The Bertz CT molecular complexity index is 1090. The molecule has 1 amide bonds. The van der Waals surface area contributed by atoms with Crippen molar-refractivity contribution in [1.29, 1.82) is 0 Å². The van der Waals surface area contributed by atoms with Crippen LogP contribution in [-0.4, -0.2) is 27.5 Å². The van der Waals surface area contributed by atoms with Crippen LogP contribution in [0.1, 0.15) is 23.5 Å².